The van der Waals surface area contributed by atoms with Gasteiger partial charge in [0.25, 0.3) is 0 Å². The van der Waals surface area contributed by atoms with E-state index >= 15 is 0 Å². The molecule has 0 atom stereocenters. The quantitative estimate of drug-likeness (QED) is 0.798. The smallest absolute Gasteiger partial charge is 0.144 e. The number of nitrogens with one attached hydrogen (secondary N) is 1. The lowest BCUT2D eigenvalue weighted by molar-refractivity contribution is 0.189. The van der Waals surface area contributed by atoms with Gasteiger partial charge < -0.3 is 9.88 Å². The van der Waals surface area contributed by atoms with Gasteiger partial charge in [-0.05, 0) is 25.8 Å². The summed E-state index contributed by atoms with van der Waals surface area (Å²) in [6.45, 7) is 7.11. The first-order valence-corrected chi connectivity index (χ1v) is 7.48. The lowest BCUT2D eigenvalue weighted by Gasteiger charge is -2.44. The Kier molecular flexibility index (Phi) is 2.43. The largest absolute Gasteiger partial charge is 0.381 e. The highest BCUT2D eigenvalue weighted by atomic mass is 15.2. The van der Waals surface area contributed by atoms with Gasteiger partial charge in [0.15, 0.2) is 0 Å². The van der Waals surface area contributed by atoms with Crippen molar-refractivity contribution in [3.05, 3.63) is 30.4 Å². The summed E-state index contributed by atoms with van der Waals surface area (Å²) in [7, 11) is 0. The number of nitrogens with zero attached hydrogens (tertiary/aromatic N) is 3. The Balaban J connectivity index is 2.01. The van der Waals surface area contributed by atoms with Crippen molar-refractivity contribution in [2.45, 2.75) is 44.6 Å². The number of rotatable bonds is 0. The lowest BCUT2D eigenvalue weighted by Crippen LogP contribution is -2.48. The fourth-order valence-electron chi connectivity index (χ4n) is 3.83. The van der Waals surface area contributed by atoms with Crippen LogP contribution < -0.4 is 5.32 Å². The molecule has 1 N–H and O–H groups in total. The van der Waals surface area contributed by atoms with Gasteiger partial charge in [-0.15, -0.1) is 0 Å². The third kappa shape index (κ3) is 1.54. The monoisotopic (exact) mass is 268 g/mol. The molecule has 0 unspecified atom stereocenters. The predicted octanol–water partition coefficient (Wildman–Crippen LogP) is 2.97. The zero-order valence-electron chi connectivity index (χ0n) is 11.9. The molecular formula is C16H20N4. The summed E-state index contributed by atoms with van der Waals surface area (Å²) in [5.41, 5.74) is 3.46. The molecule has 4 nitrogen and oxygen atoms in total. The van der Waals surface area contributed by atoms with E-state index in [1.165, 1.54) is 37.8 Å². The second-order valence-electron chi connectivity index (χ2n) is 6.18. The van der Waals surface area contributed by atoms with Gasteiger partial charge in [0, 0.05) is 18.1 Å². The third-order valence-electron chi connectivity index (χ3n) is 4.86. The normalized spacial score (nSPS) is 20.9. The fraction of sp³-hybridized carbons (Fsp3) is 0.500. The van der Waals surface area contributed by atoms with E-state index in [9.17, 15) is 0 Å². The van der Waals surface area contributed by atoms with E-state index in [-0.39, 0.29) is 5.54 Å². The predicted molar refractivity (Wildman–Crippen MR) is 80.4 cm³/mol. The Morgan fingerprint density at radius 1 is 1.30 bits per heavy atom. The number of fused-ring (bicyclic) bond motifs is 4. The SMILES string of the molecule is C=C1NCC2(CCCCC2)n2c1cc1cnc(C)nc12. The molecule has 2 aromatic heterocycles. The minimum Gasteiger partial charge on any atom is -0.381 e. The molecule has 4 heteroatoms. The van der Waals surface area contributed by atoms with Crippen molar-refractivity contribution >= 4 is 16.7 Å². The lowest BCUT2D eigenvalue weighted by atomic mass is 9.80. The maximum Gasteiger partial charge on any atom is 0.144 e. The number of aryl methyl sites for hydroxylation is 1. The van der Waals surface area contributed by atoms with Crippen LogP contribution in [0, 0.1) is 6.92 Å². The van der Waals surface area contributed by atoms with Crippen molar-refractivity contribution in [2.75, 3.05) is 6.54 Å². The standard InChI is InChI=1S/C16H20N4/c1-11-14-8-13-9-17-12(2)19-15(13)20(14)16(10-18-11)6-4-3-5-7-16/h8-9,18H,1,3-7,10H2,2H3. The number of hydrogen-bond acceptors (Lipinski definition) is 3. The van der Waals surface area contributed by atoms with Crippen LogP contribution in [0.2, 0.25) is 0 Å². The maximum absolute atomic E-state index is 4.72. The second kappa shape index (κ2) is 4.08. The van der Waals surface area contributed by atoms with Crippen molar-refractivity contribution in [3.8, 4) is 0 Å². The van der Waals surface area contributed by atoms with E-state index in [4.69, 9.17) is 4.98 Å². The van der Waals surface area contributed by atoms with Crippen LogP contribution in [0.4, 0.5) is 0 Å². The third-order valence-corrected chi connectivity index (χ3v) is 4.86. The molecule has 0 amide bonds. The summed E-state index contributed by atoms with van der Waals surface area (Å²) >= 11 is 0. The first-order chi connectivity index (χ1) is 9.70. The van der Waals surface area contributed by atoms with E-state index in [2.05, 4.69) is 27.5 Å². The average molecular weight is 268 g/mol. The summed E-state index contributed by atoms with van der Waals surface area (Å²) in [5, 5.41) is 4.64. The average Bonchev–Trinajstić information content (AvgIpc) is 2.85. The van der Waals surface area contributed by atoms with Crippen LogP contribution in [0.1, 0.15) is 43.6 Å². The van der Waals surface area contributed by atoms with Gasteiger partial charge in [-0.25, -0.2) is 9.97 Å². The van der Waals surface area contributed by atoms with Crippen LogP contribution in [0.15, 0.2) is 18.8 Å². The molecule has 0 aromatic carbocycles. The zero-order valence-corrected chi connectivity index (χ0v) is 11.9. The summed E-state index contributed by atoms with van der Waals surface area (Å²) in [6, 6.07) is 2.18. The van der Waals surface area contributed by atoms with Gasteiger partial charge in [-0.2, -0.15) is 0 Å². The van der Waals surface area contributed by atoms with Crippen molar-refractivity contribution in [1.82, 2.24) is 19.9 Å². The molecule has 1 aliphatic heterocycles. The van der Waals surface area contributed by atoms with Crippen LogP contribution in [0.25, 0.3) is 16.7 Å². The minimum atomic E-state index is 0.178. The Hall–Kier alpha value is -1.84. The molecule has 1 saturated carbocycles. The first kappa shape index (κ1) is 11.9. The van der Waals surface area contributed by atoms with Crippen LogP contribution in [-0.2, 0) is 5.54 Å². The van der Waals surface area contributed by atoms with Gasteiger partial charge in [0.2, 0.25) is 0 Å². The van der Waals surface area contributed by atoms with Gasteiger partial charge >= 0.3 is 0 Å². The Bertz CT molecular complexity index is 692. The molecule has 20 heavy (non-hydrogen) atoms. The summed E-state index contributed by atoms with van der Waals surface area (Å²) in [5.74, 6) is 0.841. The molecular weight excluding hydrogens is 248 g/mol. The Labute approximate surface area is 118 Å². The first-order valence-electron chi connectivity index (χ1n) is 7.48. The van der Waals surface area contributed by atoms with Crippen LogP contribution in [0.3, 0.4) is 0 Å². The molecule has 2 aromatic rings. The minimum absolute atomic E-state index is 0.178. The van der Waals surface area contributed by atoms with Gasteiger partial charge in [0.05, 0.1) is 16.9 Å². The Morgan fingerprint density at radius 3 is 2.90 bits per heavy atom. The van der Waals surface area contributed by atoms with Gasteiger partial charge in [-0.1, -0.05) is 25.8 Å². The molecule has 4 rings (SSSR count). The molecule has 3 heterocycles. The summed E-state index contributed by atoms with van der Waals surface area (Å²) in [4.78, 5) is 9.05. The van der Waals surface area contributed by atoms with Crippen molar-refractivity contribution in [2.24, 2.45) is 0 Å². The highest BCUT2D eigenvalue weighted by molar-refractivity contribution is 5.82. The highest BCUT2D eigenvalue weighted by Crippen LogP contribution is 2.41. The number of aromatic nitrogens is 3. The molecule has 1 fully saturated rings. The molecule has 0 bridgehead atoms. The Morgan fingerprint density at radius 2 is 2.10 bits per heavy atom. The molecule has 104 valence electrons. The van der Waals surface area contributed by atoms with Crippen LogP contribution >= 0.6 is 0 Å². The van der Waals surface area contributed by atoms with E-state index in [0.717, 1.165) is 29.1 Å². The van der Waals surface area contributed by atoms with Gasteiger partial charge in [0.1, 0.15) is 11.5 Å². The topological polar surface area (TPSA) is 42.7 Å². The molecule has 1 aliphatic carbocycles. The van der Waals surface area contributed by atoms with Crippen LogP contribution in [0.5, 0.6) is 0 Å². The molecule has 0 saturated heterocycles. The van der Waals surface area contributed by atoms with Crippen molar-refractivity contribution < 1.29 is 0 Å². The molecule has 2 aliphatic rings. The number of hydrogen-bond donors (Lipinski definition) is 1. The molecule has 0 radical (unpaired) electrons. The van der Waals surface area contributed by atoms with Gasteiger partial charge in [-0.3, -0.25) is 0 Å². The maximum atomic E-state index is 4.72. The molecule has 1 spiro atoms. The fourth-order valence-corrected chi connectivity index (χ4v) is 3.83. The van der Waals surface area contributed by atoms with Crippen molar-refractivity contribution in [1.29, 1.82) is 0 Å². The van der Waals surface area contributed by atoms with Crippen LogP contribution in [-0.4, -0.2) is 21.1 Å². The van der Waals surface area contributed by atoms with E-state index in [1.807, 2.05) is 13.1 Å². The zero-order chi connectivity index (χ0) is 13.7. The highest BCUT2D eigenvalue weighted by Gasteiger charge is 2.39. The van der Waals surface area contributed by atoms with E-state index < -0.39 is 0 Å². The van der Waals surface area contributed by atoms with E-state index in [1.54, 1.807) is 0 Å². The second-order valence-corrected chi connectivity index (χ2v) is 6.18. The summed E-state index contributed by atoms with van der Waals surface area (Å²) in [6.07, 6.45) is 8.35. The van der Waals surface area contributed by atoms with Crippen molar-refractivity contribution in [3.63, 3.8) is 0 Å². The summed E-state index contributed by atoms with van der Waals surface area (Å²) < 4.78 is 2.45. The van der Waals surface area contributed by atoms with E-state index in [0.29, 0.717) is 0 Å².